The Morgan fingerprint density at radius 2 is 0.759 bits per heavy atom. The van der Waals surface area contributed by atoms with E-state index in [0.717, 1.165) is 28.3 Å². The summed E-state index contributed by atoms with van der Waals surface area (Å²) in [6, 6.07) is 79.0. The summed E-state index contributed by atoms with van der Waals surface area (Å²) in [5.41, 5.74) is 15.7. The van der Waals surface area contributed by atoms with Gasteiger partial charge in [0, 0.05) is 16.8 Å². The smallest absolute Gasteiger partial charge is 0.182 e. The van der Waals surface area contributed by atoms with Gasteiger partial charge in [0.05, 0.1) is 16.8 Å². The minimum atomic E-state index is -2.52. The zero-order valence-electron chi connectivity index (χ0n) is 31.6. The molecule has 0 radical (unpaired) electrons. The molecule has 270 valence electrons. The van der Waals surface area contributed by atoms with E-state index < -0.39 is 13.5 Å². The maximum absolute atomic E-state index is 6.60. The molecule has 0 amide bonds. The number of hydrogen-bond donors (Lipinski definition) is 0. The molecular formula is C55H35NOSi. The van der Waals surface area contributed by atoms with E-state index in [1.165, 1.54) is 76.6 Å². The minimum absolute atomic E-state index is 0.547. The Hall–Kier alpha value is -7.20. The van der Waals surface area contributed by atoms with Crippen LogP contribution in [0.2, 0.25) is 0 Å². The van der Waals surface area contributed by atoms with Crippen LogP contribution in [0.1, 0.15) is 22.3 Å². The molecule has 0 saturated carbocycles. The molecule has 0 fully saturated rings. The Labute approximate surface area is 338 Å². The van der Waals surface area contributed by atoms with Crippen molar-refractivity contribution in [3.8, 4) is 44.9 Å². The van der Waals surface area contributed by atoms with E-state index >= 15 is 0 Å². The molecule has 58 heavy (non-hydrogen) atoms. The van der Waals surface area contributed by atoms with Crippen LogP contribution in [0.4, 0.5) is 17.1 Å². The lowest BCUT2D eigenvalue weighted by molar-refractivity contribution is 0.434. The summed E-state index contributed by atoms with van der Waals surface area (Å²) in [6.45, 7) is 0. The molecule has 4 heterocycles. The van der Waals surface area contributed by atoms with Crippen molar-refractivity contribution in [1.82, 2.24) is 0 Å². The van der Waals surface area contributed by atoms with Crippen LogP contribution in [0, 0.1) is 0 Å². The fourth-order valence-corrected chi connectivity index (χ4v) is 16.8. The molecule has 4 aliphatic rings. The van der Waals surface area contributed by atoms with Crippen molar-refractivity contribution in [1.29, 1.82) is 0 Å². The number of fused-ring (bicyclic) bond motifs is 18. The average Bonchev–Trinajstić information content (AvgIpc) is 3.76. The molecule has 13 rings (SSSR count). The Kier molecular flexibility index (Phi) is 6.43. The summed E-state index contributed by atoms with van der Waals surface area (Å²) in [7, 11) is -2.52. The predicted octanol–water partition coefficient (Wildman–Crippen LogP) is 11.0. The normalized spacial score (nSPS) is 14.9. The number of nitrogens with zero attached hydrogens (tertiary/aromatic N) is 1. The van der Waals surface area contributed by atoms with Gasteiger partial charge in [0.2, 0.25) is 0 Å². The van der Waals surface area contributed by atoms with Gasteiger partial charge in [-0.1, -0.05) is 176 Å². The molecule has 0 unspecified atom stereocenters. The molecule has 9 aromatic carbocycles. The highest BCUT2D eigenvalue weighted by Crippen LogP contribution is 2.62. The zero-order chi connectivity index (χ0) is 38.0. The van der Waals surface area contributed by atoms with Crippen LogP contribution in [0.15, 0.2) is 212 Å². The topological polar surface area (TPSA) is 12.5 Å². The van der Waals surface area contributed by atoms with Crippen molar-refractivity contribution >= 4 is 45.9 Å². The lowest BCUT2D eigenvalue weighted by Gasteiger charge is -2.48. The monoisotopic (exact) mass is 753 g/mol. The highest BCUT2D eigenvalue weighted by atomic mass is 28.3. The number of anilines is 3. The van der Waals surface area contributed by atoms with Crippen LogP contribution in [0.5, 0.6) is 11.5 Å². The molecule has 0 N–H and O–H groups in total. The van der Waals surface area contributed by atoms with E-state index in [0.29, 0.717) is 0 Å². The molecular weight excluding hydrogens is 719 g/mol. The summed E-state index contributed by atoms with van der Waals surface area (Å²) < 4.78 is 6.60. The van der Waals surface area contributed by atoms with Crippen molar-refractivity contribution in [3.63, 3.8) is 0 Å². The van der Waals surface area contributed by atoms with Gasteiger partial charge in [0.25, 0.3) is 0 Å². The molecule has 0 aromatic heterocycles. The highest BCUT2D eigenvalue weighted by Gasteiger charge is 2.54. The number of hydrogen-bond acceptors (Lipinski definition) is 2. The SMILES string of the molecule is c1ccc2c(c1)Oc1ccccc1C21c2ccccc2N(c2ccc(-c3ccc4c(c3)[Si]3(c5ccccc5-c5ccccc53)c3ccccc3-4)cc2)c2ccccc21. The third-order valence-electron chi connectivity index (χ3n) is 13.4. The summed E-state index contributed by atoms with van der Waals surface area (Å²) in [5, 5.41) is 6.01. The molecule has 2 nitrogen and oxygen atoms in total. The standard InChI is InChI=1S/C55H35NOSi/c1-12-26-51-39(15-1)40-16-2-13-27-52(40)58(51)53-28-14-3-17-41(53)42-34-31-37(35-54(42)58)36-29-32-38(33-30-36)56-47-22-8-4-18-43(47)55(44-19-5-9-23-48(44)56)45-20-6-10-24-49(45)57-50-25-11-7-21-46(50)55/h1-35H. The van der Waals surface area contributed by atoms with Crippen LogP contribution >= 0.6 is 0 Å². The molecule has 3 heteroatoms. The van der Waals surface area contributed by atoms with Crippen LogP contribution < -0.4 is 30.4 Å². The fraction of sp³-hybridized carbons (Fsp3) is 0.0182. The van der Waals surface area contributed by atoms with Gasteiger partial charge in [-0.15, -0.1) is 0 Å². The molecule has 4 aliphatic heterocycles. The van der Waals surface area contributed by atoms with Crippen LogP contribution in [-0.2, 0) is 5.41 Å². The van der Waals surface area contributed by atoms with E-state index in [-0.39, 0.29) is 0 Å². The molecule has 0 atom stereocenters. The summed E-state index contributed by atoms with van der Waals surface area (Å²) in [6.07, 6.45) is 0. The van der Waals surface area contributed by atoms with E-state index in [2.05, 4.69) is 217 Å². The largest absolute Gasteiger partial charge is 0.457 e. The number of ether oxygens (including phenoxy) is 1. The Balaban J connectivity index is 0.973. The summed E-state index contributed by atoms with van der Waals surface area (Å²) >= 11 is 0. The molecule has 0 bridgehead atoms. The third kappa shape index (κ3) is 3.91. The van der Waals surface area contributed by atoms with Gasteiger partial charge in [0.15, 0.2) is 8.07 Å². The molecule has 0 saturated heterocycles. The maximum atomic E-state index is 6.60. The summed E-state index contributed by atoms with van der Waals surface area (Å²) in [4.78, 5) is 2.45. The fourth-order valence-electron chi connectivity index (χ4n) is 11.2. The van der Waals surface area contributed by atoms with Crippen molar-refractivity contribution < 1.29 is 4.74 Å². The van der Waals surface area contributed by atoms with Crippen LogP contribution in [-0.4, -0.2) is 8.07 Å². The van der Waals surface area contributed by atoms with Crippen molar-refractivity contribution in [3.05, 3.63) is 235 Å². The molecule has 0 aliphatic carbocycles. The van der Waals surface area contributed by atoms with Crippen molar-refractivity contribution in [2.45, 2.75) is 5.41 Å². The van der Waals surface area contributed by atoms with E-state index in [9.17, 15) is 0 Å². The van der Waals surface area contributed by atoms with Crippen molar-refractivity contribution in [2.75, 3.05) is 4.90 Å². The number of para-hydroxylation sites is 4. The summed E-state index contributed by atoms with van der Waals surface area (Å²) in [5.74, 6) is 1.80. The van der Waals surface area contributed by atoms with Gasteiger partial charge >= 0.3 is 0 Å². The minimum Gasteiger partial charge on any atom is -0.457 e. The number of benzene rings is 9. The highest BCUT2D eigenvalue weighted by molar-refractivity contribution is 7.24. The first-order chi connectivity index (χ1) is 28.8. The lowest BCUT2D eigenvalue weighted by atomic mass is 9.61. The first kappa shape index (κ1) is 31.9. The molecule has 9 aromatic rings. The second-order valence-electron chi connectivity index (χ2n) is 15.9. The van der Waals surface area contributed by atoms with Gasteiger partial charge in [-0.2, -0.15) is 0 Å². The van der Waals surface area contributed by atoms with Crippen LogP contribution in [0.25, 0.3) is 33.4 Å². The van der Waals surface area contributed by atoms with Crippen LogP contribution in [0.3, 0.4) is 0 Å². The van der Waals surface area contributed by atoms with E-state index in [4.69, 9.17) is 4.74 Å². The molecule has 2 spiro atoms. The second kappa shape index (κ2) is 11.7. The number of rotatable bonds is 2. The second-order valence-corrected chi connectivity index (χ2v) is 19.6. The van der Waals surface area contributed by atoms with Gasteiger partial charge in [-0.25, -0.2) is 0 Å². The van der Waals surface area contributed by atoms with Gasteiger partial charge < -0.3 is 9.64 Å². The maximum Gasteiger partial charge on any atom is 0.182 e. The predicted molar refractivity (Wildman–Crippen MR) is 240 cm³/mol. The van der Waals surface area contributed by atoms with Crippen molar-refractivity contribution in [2.24, 2.45) is 0 Å². The van der Waals surface area contributed by atoms with E-state index in [1.54, 1.807) is 0 Å². The zero-order valence-corrected chi connectivity index (χ0v) is 32.6. The average molecular weight is 754 g/mol. The van der Waals surface area contributed by atoms with Gasteiger partial charge in [-0.3, -0.25) is 0 Å². The first-order valence-corrected chi connectivity index (χ1v) is 22.2. The quantitative estimate of drug-likeness (QED) is 0.163. The third-order valence-corrected chi connectivity index (χ3v) is 18.3. The van der Waals surface area contributed by atoms with Gasteiger partial charge in [-0.05, 0) is 102 Å². The Morgan fingerprint density at radius 3 is 1.29 bits per heavy atom. The first-order valence-electron chi connectivity index (χ1n) is 20.2. The lowest BCUT2D eigenvalue weighted by Crippen LogP contribution is -2.70. The van der Waals surface area contributed by atoms with Gasteiger partial charge in [0.1, 0.15) is 11.5 Å². The Bertz CT molecular complexity index is 3020. The van der Waals surface area contributed by atoms with E-state index in [1.807, 2.05) is 0 Å². The Morgan fingerprint density at radius 1 is 0.345 bits per heavy atom.